The van der Waals surface area contributed by atoms with Gasteiger partial charge in [0.2, 0.25) is 5.91 Å². The lowest BCUT2D eigenvalue weighted by atomic mass is 9.83. The molecule has 0 bridgehead atoms. The predicted octanol–water partition coefficient (Wildman–Crippen LogP) is 9.61. The Morgan fingerprint density at radius 1 is 0.562 bits per heavy atom. The van der Waals surface area contributed by atoms with E-state index < -0.39 is 6.29 Å². The van der Waals surface area contributed by atoms with Gasteiger partial charge in [-0.1, -0.05) is 163 Å². The Hall–Kier alpha value is -3.23. The van der Waals surface area contributed by atoms with E-state index in [2.05, 4.69) is 77.8 Å². The summed E-state index contributed by atoms with van der Waals surface area (Å²) in [5, 5.41) is 13.0. The summed E-state index contributed by atoms with van der Waals surface area (Å²) in [5.41, 5.74) is 4.93. The van der Waals surface area contributed by atoms with Crippen LogP contribution in [0.4, 0.5) is 0 Å². The Labute approximate surface area is 384 Å². The van der Waals surface area contributed by atoms with Gasteiger partial charge in [0.15, 0.2) is 6.29 Å². The number of aliphatic hydroxyl groups excluding tert-OH is 1. The molecule has 4 atom stereocenters. The summed E-state index contributed by atoms with van der Waals surface area (Å²) in [6, 6.07) is 26.7. The first-order valence-electron chi connectivity index (χ1n) is 24.7. The summed E-state index contributed by atoms with van der Waals surface area (Å²) in [6.07, 6.45) is 16.1. The first-order chi connectivity index (χ1) is 31.6. The predicted molar refractivity (Wildman–Crippen MR) is 252 cm³/mol. The van der Waals surface area contributed by atoms with Crippen molar-refractivity contribution in [2.75, 3.05) is 85.7 Å². The summed E-state index contributed by atoms with van der Waals surface area (Å²) in [5.74, 6) is -0.0335. The van der Waals surface area contributed by atoms with Gasteiger partial charge in [0.05, 0.1) is 84.9 Å². The lowest BCUT2D eigenvalue weighted by Gasteiger charge is -2.44. The molecule has 2 saturated heterocycles. The first-order valence-corrected chi connectivity index (χ1v) is 24.7. The molecule has 0 radical (unpaired) electrons. The molecule has 0 aromatic heterocycles. The summed E-state index contributed by atoms with van der Waals surface area (Å²) in [7, 11) is 0. The number of benzene rings is 3. The van der Waals surface area contributed by atoms with Crippen molar-refractivity contribution >= 4 is 5.91 Å². The number of ether oxygens (including phenoxy) is 7. The maximum Gasteiger partial charge on any atom is 0.220 e. The number of carbonyl (C=O) groups excluding carboxylic acids is 1. The molecule has 356 valence electrons. The highest BCUT2D eigenvalue weighted by molar-refractivity contribution is 5.75. The largest absolute Gasteiger partial charge is 0.392 e. The molecule has 5 rings (SSSR count). The highest BCUT2D eigenvalue weighted by Crippen LogP contribution is 2.47. The van der Waals surface area contributed by atoms with Crippen LogP contribution in [0, 0.1) is 0 Å². The number of nitrogens with one attached hydrogen (secondary N) is 1. The maximum absolute atomic E-state index is 12.8. The molecular weight excluding hydrogens is 809 g/mol. The standard InChI is InChI=1S/C53H80N2O9/c1-2-3-4-5-6-7-8-9-10-11-12-13-17-20-50(57)54-41-44-21-27-48(28-22-44)53-63-49(42-55-29-31-58-33-35-60-37-39-62-40-38-61-36-34-59-32-30-55)51(46-18-15-14-16-19-46)52(64-53)47-25-23-45(43-56)24-26-47/h14-16,18-19,21-28,49,51-53,56H,2-13,17,20,29-43H2,1H3,(H,54,57)/t49-,51-,52+,53?/m1/s1. The van der Waals surface area contributed by atoms with Crippen molar-refractivity contribution in [2.24, 2.45) is 0 Å². The molecule has 2 N–H and O–H groups in total. The van der Waals surface area contributed by atoms with E-state index >= 15 is 0 Å². The van der Waals surface area contributed by atoms with Gasteiger partial charge < -0.3 is 43.6 Å². The molecule has 3 aromatic rings. The number of rotatable bonds is 22. The van der Waals surface area contributed by atoms with Crippen LogP contribution in [0.5, 0.6) is 0 Å². The summed E-state index contributed by atoms with van der Waals surface area (Å²) >= 11 is 0. The maximum atomic E-state index is 12.8. The van der Waals surface area contributed by atoms with Crippen LogP contribution >= 0.6 is 0 Å². The smallest absolute Gasteiger partial charge is 0.220 e. The van der Waals surface area contributed by atoms with E-state index in [0.29, 0.717) is 98.7 Å². The molecular formula is C53H80N2O9. The van der Waals surface area contributed by atoms with Crippen molar-refractivity contribution in [1.82, 2.24) is 10.2 Å². The zero-order valence-corrected chi connectivity index (χ0v) is 39.0. The van der Waals surface area contributed by atoms with E-state index in [0.717, 1.165) is 40.7 Å². The fourth-order valence-corrected chi connectivity index (χ4v) is 8.47. The highest BCUT2D eigenvalue weighted by Gasteiger charge is 2.42. The number of hydrogen-bond acceptors (Lipinski definition) is 10. The molecule has 11 heteroatoms. The van der Waals surface area contributed by atoms with Gasteiger partial charge in [0, 0.05) is 44.1 Å². The van der Waals surface area contributed by atoms with Gasteiger partial charge in [-0.15, -0.1) is 0 Å². The van der Waals surface area contributed by atoms with Gasteiger partial charge in [-0.25, -0.2) is 0 Å². The number of aliphatic hydroxyl groups is 1. The van der Waals surface area contributed by atoms with E-state index in [-0.39, 0.29) is 30.6 Å². The Balaban J connectivity index is 1.19. The molecule has 64 heavy (non-hydrogen) atoms. The third-order valence-corrected chi connectivity index (χ3v) is 12.2. The molecule has 0 saturated carbocycles. The lowest BCUT2D eigenvalue weighted by Crippen LogP contribution is -2.46. The Bertz CT molecular complexity index is 1590. The van der Waals surface area contributed by atoms with Crippen LogP contribution in [0.3, 0.4) is 0 Å². The van der Waals surface area contributed by atoms with Crippen LogP contribution in [0.25, 0.3) is 0 Å². The van der Waals surface area contributed by atoms with Crippen molar-refractivity contribution in [1.29, 1.82) is 0 Å². The van der Waals surface area contributed by atoms with Crippen LogP contribution in [0.2, 0.25) is 0 Å². The molecule has 2 aliphatic rings. The number of hydrogen-bond donors (Lipinski definition) is 2. The summed E-state index contributed by atoms with van der Waals surface area (Å²) in [6.45, 7) is 9.89. The fraction of sp³-hybridized carbons (Fsp3) is 0.642. The van der Waals surface area contributed by atoms with Crippen molar-refractivity contribution in [3.8, 4) is 0 Å². The third-order valence-electron chi connectivity index (χ3n) is 12.2. The first kappa shape index (κ1) is 51.7. The molecule has 1 unspecified atom stereocenters. The molecule has 3 aromatic carbocycles. The van der Waals surface area contributed by atoms with Gasteiger partial charge in [0.1, 0.15) is 0 Å². The van der Waals surface area contributed by atoms with Crippen molar-refractivity contribution in [3.63, 3.8) is 0 Å². The SMILES string of the molecule is CCCCCCCCCCCCCCCC(=O)NCc1ccc(C2O[C@H](CN3CCOCCOCCOCCOCCOCC3)[C@@H](c3ccccc3)[C@H](c3ccc(CO)cc3)O2)cc1. The van der Waals surface area contributed by atoms with Crippen molar-refractivity contribution in [2.45, 2.75) is 134 Å². The van der Waals surface area contributed by atoms with Crippen molar-refractivity contribution in [3.05, 3.63) is 107 Å². The Kier molecular flexibility index (Phi) is 26.2. The number of amides is 1. The van der Waals surface area contributed by atoms with Crippen LogP contribution in [0.1, 0.15) is 143 Å². The van der Waals surface area contributed by atoms with Crippen molar-refractivity contribution < 1.29 is 43.1 Å². The topological polar surface area (TPSA) is 117 Å². The molecule has 2 heterocycles. The van der Waals surface area contributed by atoms with Gasteiger partial charge in [0.25, 0.3) is 0 Å². The second-order valence-electron chi connectivity index (χ2n) is 17.3. The molecule has 0 aliphatic carbocycles. The zero-order chi connectivity index (χ0) is 44.7. The van der Waals surface area contributed by atoms with Crippen LogP contribution < -0.4 is 5.32 Å². The highest BCUT2D eigenvalue weighted by atomic mass is 16.7. The number of unbranched alkanes of at least 4 members (excludes halogenated alkanes) is 12. The minimum Gasteiger partial charge on any atom is -0.392 e. The van der Waals surface area contributed by atoms with E-state index in [4.69, 9.17) is 33.2 Å². The summed E-state index contributed by atoms with van der Waals surface area (Å²) in [4.78, 5) is 15.1. The molecule has 11 nitrogen and oxygen atoms in total. The number of nitrogens with zero attached hydrogens (tertiary/aromatic N) is 1. The molecule has 1 amide bonds. The molecule has 2 aliphatic heterocycles. The minimum atomic E-state index is -0.641. The summed E-state index contributed by atoms with van der Waals surface area (Å²) < 4.78 is 43.1. The van der Waals surface area contributed by atoms with E-state index in [1.165, 1.54) is 70.6 Å². The number of carbonyl (C=O) groups is 1. The van der Waals surface area contributed by atoms with E-state index in [1.54, 1.807) is 0 Å². The second-order valence-corrected chi connectivity index (χ2v) is 17.3. The van der Waals surface area contributed by atoms with Gasteiger partial charge in [-0.05, 0) is 28.7 Å². The second kappa shape index (κ2) is 32.4. The normalized spacial score (nSPS) is 21.5. The van der Waals surface area contributed by atoms with Crippen LogP contribution in [-0.2, 0) is 51.1 Å². The quantitative estimate of drug-likeness (QED) is 0.0946. The van der Waals surface area contributed by atoms with Crippen LogP contribution in [0.15, 0.2) is 78.9 Å². The van der Waals surface area contributed by atoms with Gasteiger partial charge in [-0.3, -0.25) is 9.69 Å². The van der Waals surface area contributed by atoms with Crippen LogP contribution in [-0.4, -0.2) is 108 Å². The van der Waals surface area contributed by atoms with Gasteiger partial charge in [-0.2, -0.15) is 0 Å². The molecule has 2 fully saturated rings. The molecule has 0 spiro atoms. The fourth-order valence-electron chi connectivity index (χ4n) is 8.47. The average molecular weight is 889 g/mol. The van der Waals surface area contributed by atoms with Gasteiger partial charge >= 0.3 is 0 Å². The minimum absolute atomic E-state index is 0.0275. The monoisotopic (exact) mass is 889 g/mol. The van der Waals surface area contributed by atoms with E-state index in [9.17, 15) is 9.90 Å². The Morgan fingerprint density at radius 3 is 1.58 bits per heavy atom. The third kappa shape index (κ3) is 20.1. The average Bonchev–Trinajstić information content (AvgIpc) is 3.33. The lowest BCUT2D eigenvalue weighted by molar-refractivity contribution is -0.263. The van der Waals surface area contributed by atoms with E-state index in [1.807, 2.05) is 18.2 Å². The Morgan fingerprint density at radius 2 is 1.05 bits per heavy atom. The zero-order valence-electron chi connectivity index (χ0n) is 39.0.